The molecule has 2 unspecified atom stereocenters. The number of aliphatic carboxylic acids is 1. The van der Waals surface area contributed by atoms with Gasteiger partial charge in [0.25, 0.3) is 0 Å². The molecule has 1 amide bonds. The van der Waals surface area contributed by atoms with Crippen LogP contribution >= 0.6 is 0 Å². The molecular weight excluding hydrogens is 182 g/mol. The molecule has 3 N–H and O–H groups in total. The van der Waals surface area contributed by atoms with Crippen molar-refractivity contribution in [2.75, 3.05) is 0 Å². The molecule has 0 saturated heterocycles. The van der Waals surface area contributed by atoms with Gasteiger partial charge in [0.1, 0.15) is 0 Å². The summed E-state index contributed by atoms with van der Waals surface area (Å²) in [7, 11) is 0. The summed E-state index contributed by atoms with van der Waals surface area (Å²) < 4.78 is 0. The molecule has 3 aliphatic carbocycles. The van der Waals surface area contributed by atoms with Gasteiger partial charge in [-0.05, 0) is 37.5 Å². The number of carbonyl (C=O) groups is 2. The van der Waals surface area contributed by atoms with E-state index in [2.05, 4.69) is 0 Å². The molecule has 0 aromatic carbocycles. The molecule has 2 bridgehead atoms. The smallest absolute Gasteiger partial charge is 0.307 e. The molecule has 0 aromatic rings. The summed E-state index contributed by atoms with van der Waals surface area (Å²) >= 11 is 0. The van der Waals surface area contributed by atoms with Gasteiger partial charge >= 0.3 is 5.97 Å². The van der Waals surface area contributed by atoms with Gasteiger partial charge in [-0.1, -0.05) is 0 Å². The summed E-state index contributed by atoms with van der Waals surface area (Å²) in [5, 5.41) is 9.07. The lowest BCUT2D eigenvalue weighted by atomic mass is 9.58. The lowest BCUT2D eigenvalue weighted by Gasteiger charge is -2.45. The van der Waals surface area contributed by atoms with Gasteiger partial charge in [-0.25, -0.2) is 0 Å². The van der Waals surface area contributed by atoms with Crippen molar-refractivity contribution in [2.24, 2.45) is 29.4 Å². The van der Waals surface area contributed by atoms with Gasteiger partial charge in [0, 0.05) is 0 Å². The van der Waals surface area contributed by atoms with Crippen LogP contribution in [-0.2, 0) is 9.59 Å². The maximum atomic E-state index is 11.2. The van der Waals surface area contributed by atoms with Gasteiger partial charge in [0.15, 0.2) is 0 Å². The third-order valence-electron chi connectivity index (χ3n) is 3.83. The SMILES string of the molecule is NC(=O)C1C2CCC(CC2)C1C(=O)O. The second-order valence-electron chi connectivity index (χ2n) is 4.47. The summed E-state index contributed by atoms with van der Waals surface area (Å²) in [4.78, 5) is 22.3. The Bertz CT molecular complexity index is 241. The standard InChI is InChI=1S/C10H15NO3/c11-9(12)7-5-1-3-6(4-2-5)8(7)10(13)14/h5-8H,1-4H2,(H2,11,12)(H,13,14). The van der Waals surface area contributed by atoms with E-state index in [9.17, 15) is 9.59 Å². The van der Waals surface area contributed by atoms with E-state index in [4.69, 9.17) is 10.8 Å². The van der Waals surface area contributed by atoms with Crippen LogP contribution in [0.3, 0.4) is 0 Å². The van der Waals surface area contributed by atoms with Crippen LogP contribution in [0.25, 0.3) is 0 Å². The second kappa shape index (κ2) is 3.26. The van der Waals surface area contributed by atoms with Crippen molar-refractivity contribution in [2.45, 2.75) is 25.7 Å². The van der Waals surface area contributed by atoms with Gasteiger partial charge in [0.05, 0.1) is 11.8 Å². The van der Waals surface area contributed by atoms with E-state index in [-0.39, 0.29) is 11.8 Å². The summed E-state index contributed by atoms with van der Waals surface area (Å²) in [5.74, 6) is -1.80. The molecule has 0 radical (unpaired) electrons. The molecule has 3 saturated carbocycles. The van der Waals surface area contributed by atoms with Crippen molar-refractivity contribution in [1.82, 2.24) is 0 Å². The van der Waals surface area contributed by atoms with E-state index < -0.39 is 23.7 Å². The topological polar surface area (TPSA) is 80.4 Å². The van der Waals surface area contributed by atoms with Crippen molar-refractivity contribution in [3.05, 3.63) is 0 Å². The van der Waals surface area contributed by atoms with E-state index >= 15 is 0 Å². The molecule has 2 atom stereocenters. The Hall–Kier alpha value is -1.06. The summed E-state index contributed by atoms with van der Waals surface area (Å²) in [6, 6.07) is 0. The molecule has 4 nitrogen and oxygen atoms in total. The van der Waals surface area contributed by atoms with Gasteiger partial charge in [-0.2, -0.15) is 0 Å². The first-order valence-electron chi connectivity index (χ1n) is 5.13. The van der Waals surface area contributed by atoms with E-state index in [0.717, 1.165) is 25.7 Å². The van der Waals surface area contributed by atoms with E-state index in [1.807, 2.05) is 0 Å². The first-order valence-corrected chi connectivity index (χ1v) is 5.13. The monoisotopic (exact) mass is 197 g/mol. The van der Waals surface area contributed by atoms with Crippen LogP contribution in [0, 0.1) is 23.7 Å². The Morgan fingerprint density at radius 1 is 1.00 bits per heavy atom. The molecule has 3 aliphatic rings. The first-order chi connectivity index (χ1) is 6.61. The molecule has 0 heterocycles. The minimum atomic E-state index is -0.844. The fourth-order valence-corrected chi connectivity index (χ4v) is 3.21. The Morgan fingerprint density at radius 2 is 1.43 bits per heavy atom. The predicted molar refractivity (Wildman–Crippen MR) is 49.3 cm³/mol. The minimum absolute atomic E-state index is 0.176. The van der Waals surface area contributed by atoms with E-state index in [1.54, 1.807) is 0 Å². The van der Waals surface area contributed by atoms with Crippen LogP contribution in [-0.4, -0.2) is 17.0 Å². The van der Waals surface area contributed by atoms with Gasteiger partial charge in [-0.3, -0.25) is 9.59 Å². The zero-order valence-electron chi connectivity index (χ0n) is 7.98. The quantitative estimate of drug-likeness (QED) is 0.680. The highest BCUT2D eigenvalue weighted by molar-refractivity contribution is 5.84. The minimum Gasteiger partial charge on any atom is -0.481 e. The molecule has 78 valence electrons. The van der Waals surface area contributed by atoms with Crippen molar-refractivity contribution < 1.29 is 14.7 Å². The van der Waals surface area contributed by atoms with Crippen LogP contribution in [0.5, 0.6) is 0 Å². The predicted octanol–water partition coefficient (Wildman–Crippen LogP) is 0.609. The zero-order valence-corrected chi connectivity index (χ0v) is 7.98. The van der Waals surface area contributed by atoms with Crippen molar-refractivity contribution in [1.29, 1.82) is 0 Å². The highest BCUT2D eigenvalue weighted by Crippen LogP contribution is 2.48. The largest absolute Gasteiger partial charge is 0.481 e. The molecule has 3 fully saturated rings. The number of carboxylic acids is 1. The van der Waals surface area contributed by atoms with Crippen LogP contribution in [0.1, 0.15) is 25.7 Å². The highest BCUT2D eigenvalue weighted by Gasteiger charge is 2.49. The summed E-state index contributed by atoms with van der Waals surface area (Å²) in [6.07, 6.45) is 3.85. The van der Waals surface area contributed by atoms with E-state index in [0.29, 0.717) is 0 Å². The number of hydrogen-bond donors (Lipinski definition) is 2. The number of carboxylic acid groups (broad SMARTS) is 1. The Labute approximate surface area is 82.5 Å². The number of primary amides is 1. The van der Waals surface area contributed by atoms with Crippen LogP contribution < -0.4 is 5.73 Å². The third kappa shape index (κ3) is 1.29. The maximum Gasteiger partial charge on any atom is 0.307 e. The average molecular weight is 197 g/mol. The van der Waals surface area contributed by atoms with Crippen molar-refractivity contribution in [3.8, 4) is 0 Å². The number of hydrogen-bond acceptors (Lipinski definition) is 2. The molecule has 3 rings (SSSR count). The molecule has 4 heteroatoms. The number of rotatable bonds is 2. The number of amides is 1. The molecule has 0 spiro atoms. The van der Waals surface area contributed by atoms with E-state index in [1.165, 1.54) is 0 Å². The van der Waals surface area contributed by atoms with Crippen LogP contribution in [0.2, 0.25) is 0 Å². The summed E-state index contributed by atoms with van der Waals surface area (Å²) in [6.45, 7) is 0. The average Bonchev–Trinajstić information content (AvgIpc) is 2.17. The first kappa shape index (κ1) is 9.49. The normalized spacial score (nSPS) is 40.9. The number of carbonyl (C=O) groups excluding carboxylic acids is 1. The molecule has 0 aromatic heterocycles. The Kier molecular flexibility index (Phi) is 2.21. The van der Waals surface area contributed by atoms with Gasteiger partial charge < -0.3 is 10.8 Å². The number of nitrogens with two attached hydrogens (primary N) is 1. The van der Waals surface area contributed by atoms with Crippen molar-refractivity contribution >= 4 is 11.9 Å². The summed E-state index contributed by atoms with van der Waals surface area (Å²) in [5.41, 5.74) is 5.28. The Balaban J connectivity index is 2.27. The Morgan fingerprint density at radius 3 is 1.71 bits per heavy atom. The second-order valence-corrected chi connectivity index (χ2v) is 4.47. The van der Waals surface area contributed by atoms with Crippen molar-refractivity contribution in [3.63, 3.8) is 0 Å². The van der Waals surface area contributed by atoms with Crippen LogP contribution in [0.4, 0.5) is 0 Å². The van der Waals surface area contributed by atoms with Crippen LogP contribution in [0.15, 0.2) is 0 Å². The third-order valence-corrected chi connectivity index (χ3v) is 3.83. The van der Waals surface area contributed by atoms with Gasteiger partial charge in [0.2, 0.25) is 5.91 Å². The lowest BCUT2D eigenvalue weighted by Crippen LogP contribution is -2.49. The molecule has 14 heavy (non-hydrogen) atoms. The van der Waals surface area contributed by atoms with Gasteiger partial charge in [-0.15, -0.1) is 0 Å². The maximum absolute atomic E-state index is 11.2. The fraction of sp³-hybridized carbons (Fsp3) is 0.800. The lowest BCUT2D eigenvalue weighted by molar-refractivity contribution is -0.157. The zero-order chi connectivity index (χ0) is 10.3. The molecule has 0 aliphatic heterocycles. The highest BCUT2D eigenvalue weighted by atomic mass is 16.4. The number of fused-ring (bicyclic) bond motifs is 3. The molecular formula is C10H15NO3. The fourth-order valence-electron chi connectivity index (χ4n) is 3.21.